The molecule has 0 saturated carbocycles. The Balaban J connectivity index is 1.71. The third kappa shape index (κ3) is 2.28. The number of pyridine rings is 1. The second kappa shape index (κ2) is 5.13. The first kappa shape index (κ1) is 12.4. The normalized spacial score (nSPS) is 26.7. The lowest BCUT2D eigenvalue weighted by Crippen LogP contribution is -2.37. The zero-order valence-electron chi connectivity index (χ0n) is 11.0. The van der Waals surface area contributed by atoms with Crippen LogP contribution in [0, 0.1) is 0 Å². The Morgan fingerprint density at radius 1 is 1.37 bits per heavy atom. The molecule has 2 aliphatic heterocycles. The van der Waals surface area contributed by atoms with Crippen molar-refractivity contribution in [1.29, 1.82) is 0 Å². The minimum Gasteiger partial charge on any atom is -0.334 e. The number of rotatable bonds is 4. The topological polar surface area (TPSA) is 36.4 Å². The van der Waals surface area contributed by atoms with Gasteiger partial charge in [0, 0.05) is 50.5 Å². The fourth-order valence-corrected chi connectivity index (χ4v) is 3.30. The van der Waals surface area contributed by atoms with E-state index < -0.39 is 0 Å². The van der Waals surface area contributed by atoms with E-state index in [1.807, 2.05) is 35.5 Å². The minimum atomic E-state index is 0.273. The summed E-state index contributed by atoms with van der Waals surface area (Å²) < 4.78 is 0. The highest BCUT2D eigenvalue weighted by atomic mass is 16.2. The summed E-state index contributed by atoms with van der Waals surface area (Å²) in [5.74, 6) is 0.273. The van der Waals surface area contributed by atoms with Crippen LogP contribution in [0.5, 0.6) is 0 Å². The molecular formula is C15H19N3O. The van der Waals surface area contributed by atoms with Crippen LogP contribution >= 0.6 is 0 Å². The fourth-order valence-electron chi connectivity index (χ4n) is 3.30. The monoisotopic (exact) mass is 257 g/mol. The molecule has 19 heavy (non-hydrogen) atoms. The van der Waals surface area contributed by atoms with Crippen molar-refractivity contribution in [3.8, 4) is 0 Å². The average molecular weight is 257 g/mol. The second-order valence-electron chi connectivity index (χ2n) is 5.29. The van der Waals surface area contributed by atoms with E-state index in [-0.39, 0.29) is 5.91 Å². The number of amides is 1. The molecule has 3 heterocycles. The molecule has 0 aliphatic carbocycles. The van der Waals surface area contributed by atoms with Crippen LogP contribution in [-0.2, 0) is 11.3 Å². The van der Waals surface area contributed by atoms with Crippen molar-refractivity contribution in [2.45, 2.75) is 31.5 Å². The summed E-state index contributed by atoms with van der Waals surface area (Å²) in [5, 5.41) is 0. The number of likely N-dealkylation sites (tertiary alicyclic amines) is 2. The Morgan fingerprint density at radius 2 is 2.16 bits per heavy atom. The van der Waals surface area contributed by atoms with Crippen LogP contribution < -0.4 is 0 Å². The van der Waals surface area contributed by atoms with Gasteiger partial charge in [0.2, 0.25) is 5.91 Å². The van der Waals surface area contributed by atoms with E-state index in [2.05, 4.69) is 16.5 Å². The number of hydrogen-bond acceptors (Lipinski definition) is 3. The largest absolute Gasteiger partial charge is 0.334 e. The van der Waals surface area contributed by atoms with Gasteiger partial charge in [0.15, 0.2) is 0 Å². The number of nitrogens with zero attached hydrogens (tertiary/aromatic N) is 3. The van der Waals surface area contributed by atoms with Gasteiger partial charge < -0.3 is 4.90 Å². The molecule has 2 saturated heterocycles. The predicted octanol–water partition coefficient (Wildman–Crippen LogP) is 1.44. The number of fused-ring (bicyclic) bond motifs is 1. The molecule has 4 nitrogen and oxygen atoms in total. The maximum Gasteiger partial charge on any atom is 0.224 e. The van der Waals surface area contributed by atoms with E-state index in [0.717, 1.165) is 19.5 Å². The third-order valence-corrected chi connectivity index (χ3v) is 4.19. The van der Waals surface area contributed by atoms with Crippen LogP contribution in [0.25, 0.3) is 0 Å². The van der Waals surface area contributed by atoms with E-state index in [4.69, 9.17) is 0 Å². The maximum absolute atomic E-state index is 12.0. The van der Waals surface area contributed by atoms with E-state index in [0.29, 0.717) is 25.0 Å². The van der Waals surface area contributed by atoms with Crippen LogP contribution in [0.4, 0.5) is 0 Å². The van der Waals surface area contributed by atoms with Gasteiger partial charge in [0.05, 0.1) is 0 Å². The van der Waals surface area contributed by atoms with Crippen molar-refractivity contribution < 1.29 is 4.79 Å². The number of carbonyl (C=O) groups is 1. The van der Waals surface area contributed by atoms with Gasteiger partial charge in [-0.05, 0) is 24.1 Å². The Kier molecular flexibility index (Phi) is 3.34. The molecule has 0 spiro atoms. The lowest BCUT2D eigenvalue weighted by molar-refractivity contribution is -0.128. The van der Waals surface area contributed by atoms with Crippen molar-refractivity contribution >= 4 is 5.91 Å². The van der Waals surface area contributed by atoms with Crippen molar-refractivity contribution in [3.05, 3.63) is 42.7 Å². The summed E-state index contributed by atoms with van der Waals surface area (Å²) in [5.41, 5.74) is 1.27. The van der Waals surface area contributed by atoms with Crippen LogP contribution in [0.3, 0.4) is 0 Å². The minimum absolute atomic E-state index is 0.273. The van der Waals surface area contributed by atoms with Crippen LogP contribution in [0.2, 0.25) is 0 Å². The van der Waals surface area contributed by atoms with Gasteiger partial charge in [0.1, 0.15) is 0 Å². The zero-order valence-corrected chi connectivity index (χ0v) is 11.0. The van der Waals surface area contributed by atoms with Crippen molar-refractivity contribution in [2.24, 2.45) is 0 Å². The summed E-state index contributed by atoms with van der Waals surface area (Å²) in [6.45, 7) is 6.41. The summed E-state index contributed by atoms with van der Waals surface area (Å²) in [7, 11) is 0. The molecule has 2 fully saturated rings. The molecule has 1 aromatic heterocycles. The van der Waals surface area contributed by atoms with E-state index in [9.17, 15) is 4.79 Å². The molecule has 0 radical (unpaired) electrons. The molecule has 2 atom stereocenters. The van der Waals surface area contributed by atoms with Crippen molar-refractivity contribution in [1.82, 2.24) is 14.8 Å². The number of aromatic nitrogens is 1. The molecule has 0 unspecified atom stereocenters. The fraction of sp³-hybridized carbons (Fsp3) is 0.467. The molecule has 2 aliphatic rings. The van der Waals surface area contributed by atoms with Gasteiger partial charge in [-0.15, -0.1) is 6.58 Å². The summed E-state index contributed by atoms with van der Waals surface area (Å²) >= 11 is 0. The highest BCUT2D eigenvalue weighted by molar-refractivity contribution is 5.80. The van der Waals surface area contributed by atoms with Crippen molar-refractivity contribution in [3.63, 3.8) is 0 Å². The number of carbonyl (C=O) groups excluding carboxylic acids is 1. The average Bonchev–Trinajstić information content (AvgIpc) is 2.93. The molecule has 1 aromatic rings. The molecular weight excluding hydrogens is 238 g/mol. The maximum atomic E-state index is 12.0. The highest BCUT2D eigenvalue weighted by Gasteiger charge is 2.45. The highest BCUT2D eigenvalue weighted by Crippen LogP contribution is 2.33. The third-order valence-electron chi connectivity index (χ3n) is 4.19. The number of hydrogen-bond donors (Lipinski definition) is 0. The standard InChI is InChI=1S/C15H19N3O/c1-2-8-18-13-5-9-17(14(13)10-15(18)19)11-12-3-6-16-7-4-12/h2-4,6-7,13-14H,1,5,8-11H2/t13-,14+/m0/s1. The smallest absolute Gasteiger partial charge is 0.224 e. The van der Waals surface area contributed by atoms with Crippen LogP contribution in [0.15, 0.2) is 37.2 Å². The quantitative estimate of drug-likeness (QED) is 0.766. The van der Waals surface area contributed by atoms with Crippen molar-refractivity contribution in [2.75, 3.05) is 13.1 Å². The Labute approximate surface area is 113 Å². The molecule has 0 aromatic carbocycles. The molecule has 0 N–H and O–H groups in total. The summed E-state index contributed by atoms with van der Waals surface area (Å²) in [6, 6.07) is 4.85. The van der Waals surface area contributed by atoms with Crippen LogP contribution in [0.1, 0.15) is 18.4 Å². The summed E-state index contributed by atoms with van der Waals surface area (Å²) in [4.78, 5) is 20.5. The van der Waals surface area contributed by atoms with Crippen LogP contribution in [-0.4, -0.2) is 45.9 Å². The molecule has 100 valence electrons. The Bertz CT molecular complexity index is 474. The first-order valence-corrected chi connectivity index (χ1v) is 6.83. The molecule has 4 heteroatoms. The van der Waals surface area contributed by atoms with E-state index in [1.165, 1.54) is 5.56 Å². The molecule has 0 bridgehead atoms. The SMILES string of the molecule is C=CCN1C(=O)C[C@@H]2[C@@H]1CCN2Cc1ccncc1. The first-order valence-electron chi connectivity index (χ1n) is 6.83. The first-order chi connectivity index (χ1) is 9.29. The summed E-state index contributed by atoms with van der Waals surface area (Å²) in [6.07, 6.45) is 7.21. The second-order valence-corrected chi connectivity index (χ2v) is 5.29. The van der Waals surface area contributed by atoms with Gasteiger partial charge in [-0.3, -0.25) is 14.7 Å². The zero-order chi connectivity index (χ0) is 13.2. The van der Waals surface area contributed by atoms with Gasteiger partial charge in [-0.25, -0.2) is 0 Å². The van der Waals surface area contributed by atoms with Gasteiger partial charge >= 0.3 is 0 Å². The lowest BCUT2D eigenvalue weighted by atomic mass is 10.1. The van der Waals surface area contributed by atoms with Gasteiger partial charge in [-0.2, -0.15) is 0 Å². The Hall–Kier alpha value is -1.68. The van der Waals surface area contributed by atoms with Gasteiger partial charge in [0.25, 0.3) is 0 Å². The van der Waals surface area contributed by atoms with E-state index >= 15 is 0 Å². The predicted molar refractivity (Wildman–Crippen MR) is 73.4 cm³/mol. The van der Waals surface area contributed by atoms with Gasteiger partial charge in [-0.1, -0.05) is 6.08 Å². The van der Waals surface area contributed by atoms with E-state index in [1.54, 1.807) is 0 Å². The Morgan fingerprint density at radius 3 is 2.89 bits per heavy atom. The lowest BCUT2D eigenvalue weighted by Gasteiger charge is -2.24. The molecule has 1 amide bonds. The molecule has 3 rings (SSSR count).